The first-order valence-electron chi connectivity index (χ1n) is 9.61. The summed E-state index contributed by atoms with van der Waals surface area (Å²) in [6, 6.07) is 0. The molecule has 2 saturated carbocycles. The standard InChI is InChI=1S/C16H18N2O12P2/c19-13-9-5-1-2-6(10(9)14(20)17(13)3-29-31(23,24)25)8-7(5)11-12(8)16(22)18(15(11)21)4-30-32(26,27)28/h1-2,5-12H,3-4H2,(H2,23,24,25)(H2,26,27,28). The van der Waals surface area contributed by atoms with Gasteiger partial charge in [-0.1, -0.05) is 12.2 Å². The molecule has 16 heteroatoms. The molecule has 14 nitrogen and oxygen atoms in total. The Morgan fingerprint density at radius 3 is 1.28 bits per heavy atom. The minimum atomic E-state index is -4.92. The van der Waals surface area contributed by atoms with Gasteiger partial charge < -0.3 is 19.6 Å². The molecule has 8 atom stereocenters. The van der Waals surface area contributed by atoms with E-state index in [1.54, 1.807) is 12.2 Å². The molecule has 0 spiro atoms. The SMILES string of the molecule is O=C1C2C3C=CC(C2C(=O)N1COP(=O)(O)O)C1C2C(=O)N(COP(=O)(O)O)C(=O)C2C31. The van der Waals surface area contributed by atoms with E-state index in [4.69, 9.17) is 19.6 Å². The average molecular weight is 492 g/mol. The fourth-order valence-electron chi connectivity index (χ4n) is 6.24. The number of phosphoric ester groups is 2. The van der Waals surface area contributed by atoms with Gasteiger partial charge in [-0.25, -0.2) is 9.13 Å². The number of carbonyl (C=O) groups is 4. The van der Waals surface area contributed by atoms with Crippen molar-refractivity contribution in [1.29, 1.82) is 0 Å². The van der Waals surface area contributed by atoms with Crippen LogP contribution in [0.3, 0.4) is 0 Å². The molecular formula is C16H18N2O12P2. The number of phosphoric acid groups is 2. The van der Waals surface area contributed by atoms with E-state index in [0.29, 0.717) is 9.80 Å². The van der Waals surface area contributed by atoms with Gasteiger partial charge >= 0.3 is 15.6 Å². The molecule has 174 valence electrons. The molecule has 4 amide bonds. The largest absolute Gasteiger partial charge is 0.471 e. The van der Waals surface area contributed by atoms with Gasteiger partial charge in [-0.3, -0.25) is 38.0 Å². The molecule has 32 heavy (non-hydrogen) atoms. The molecule has 2 saturated heterocycles. The van der Waals surface area contributed by atoms with Crippen molar-refractivity contribution in [3.8, 4) is 0 Å². The normalized spacial score (nSPS) is 40.0. The number of hydrogen-bond donors (Lipinski definition) is 4. The van der Waals surface area contributed by atoms with Crippen LogP contribution in [0, 0.1) is 47.3 Å². The lowest BCUT2D eigenvalue weighted by atomic mass is 9.40. The molecule has 0 aromatic rings. The van der Waals surface area contributed by atoms with Crippen molar-refractivity contribution < 1.29 is 56.9 Å². The van der Waals surface area contributed by atoms with Gasteiger partial charge in [-0.05, 0) is 23.7 Å². The Kier molecular flexibility index (Phi) is 4.74. The Bertz CT molecular complexity index is 1010. The van der Waals surface area contributed by atoms with E-state index in [1.165, 1.54) is 0 Å². The zero-order valence-electron chi connectivity index (χ0n) is 16.0. The number of imide groups is 2. The number of fused-ring (bicyclic) bond motifs is 1. The molecule has 4 N–H and O–H groups in total. The van der Waals surface area contributed by atoms with Crippen LogP contribution < -0.4 is 0 Å². The van der Waals surface area contributed by atoms with Gasteiger partial charge in [0.1, 0.15) is 13.5 Å². The average Bonchev–Trinajstić information content (AvgIpc) is 3.02. The summed E-state index contributed by atoms with van der Waals surface area (Å²) in [5.41, 5.74) is 0. The minimum absolute atomic E-state index is 0.424. The van der Waals surface area contributed by atoms with Crippen LogP contribution in [0.4, 0.5) is 0 Å². The highest BCUT2D eigenvalue weighted by molar-refractivity contribution is 7.46. The van der Waals surface area contributed by atoms with Crippen LogP contribution in [0.25, 0.3) is 0 Å². The predicted octanol–water partition coefficient (Wildman–Crippen LogP) is -1.62. The van der Waals surface area contributed by atoms with Crippen molar-refractivity contribution in [2.24, 2.45) is 47.3 Å². The second kappa shape index (κ2) is 6.87. The number of likely N-dealkylation sites (tertiary alicyclic amines) is 2. The summed E-state index contributed by atoms with van der Waals surface area (Å²) in [6.07, 6.45) is 3.46. The van der Waals surface area contributed by atoms with Crippen LogP contribution in [0.2, 0.25) is 0 Å². The molecule has 0 aromatic heterocycles. The second-order valence-electron chi connectivity index (χ2n) is 8.50. The molecule has 0 aromatic carbocycles. The highest BCUT2D eigenvalue weighted by Gasteiger charge is 2.75. The van der Waals surface area contributed by atoms with Gasteiger partial charge in [0, 0.05) is 0 Å². The number of carbonyl (C=O) groups excluding carboxylic acids is 4. The Morgan fingerprint density at radius 2 is 0.969 bits per heavy atom. The molecule has 8 unspecified atom stereocenters. The smallest absolute Gasteiger partial charge is 0.303 e. The quantitative estimate of drug-likeness (QED) is 0.187. The lowest BCUT2D eigenvalue weighted by Gasteiger charge is -2.60. The van der Waals surface area contributed by atoms with Crippen molar-refractivity contribution in [1.82, 2.24) is 9.80 Å². The minimum Gasteiger partial charge on any atom is -0.303 e. The summed E-state index contributed by atoms with van der Waals surface area (Å²) in [5, 5.41) is 0. The van der Waals surface area contributed by atoms with Crippen LogP contribution >= 0.6 is 15.6 Å². The molecule has 2 aliphatic heterocycles. The summed E-state index contributed by atoms with van der Waals surface area (Å²) in [4.78, 5) is 88.3. The molecule has 4 aliphatic carbocycles. The number of amides is 4. The van der Waals surface area contributed by atoms with Gasteiger partial charge in [0.05, 0.1) is 23.7 Å². The number of allylic oxidation sites excluding steroid dienone is 2. The Morgan fingerprint density at radius 1 is 0.656 bits per heavy atom. The first-order valence-corrected chi connectivity index (χ1v) is 12.7. The second-order valence-corrected chi connectivity index (χ2v) is 11.0. The zero-order chi connectivity index (χ0) is 23.3. The fourth-order valence-corrected chi connectivity index (χ4v) is 6.78. The van der Waals surface area contributed by atoms with Gasteiger partial charge in [0.15, 0.2) is 0 Å². The number of nitrogens with zero attached hydrogens (tertiary/aromatic N) is 2. The first-order chi connectivity index (χ1) is 14.8. The van der Waals surface area contributed by atoms with E-state index in [9.17, 15) is 28.3 Å². The maximum absolute atomic E-state index is 12.9. The van der Waals surface area contributed by atoms with Crippen molar-refractivity contribution in [3.05, 3.63) is 12.2 Å². The van der Waals surface area contributed by atoms with Gasteiger partial charge in [0.2, 0.25) is 23.6 Å². The maximum Gasteiger partial charge on any atom is 0.471 e. The van der Waals surface area contributed by atoms with Gasteiger partial charge in [0.25, 0.3) is 0 Å². The third kappa shape index (κ3) is 3.02. The Labute approximate surface area is 179 Å². The monoisotopic (exact) mass is 492 g/mol. The van der Waals surface area contributed by atoms with Crippen molar-refractivity contribution in [2.75, 3.05) is 13.5 Å². The zero-order valence-corrected chi connectivity index (χ0v) is 17.8. The predicted molar refractivity (Wildman–Crippen MR) is 96.8 cm³/mol. The van der Waals surface area contributed by atoms with E-state index in [2.05, 4.69) is 9.05 Å². The molecule has 6 aliphatic rings. The molecular weight excluding hydrogens is 474 g/mol. The van der Waals surface area contributed by atoms with Crippen molar-refractivity contribution in [3.63, 3.8) is 0 Å². The summed E-state index contributed by atoms with van der Waals surface area (Å²) in [7, 11) is -9.83. The van der Waals surface area contributed by atoms with E-state index in [0.717, 1.165) is 0 Å². The van der Waals surface area contributed by atoms with Gasteiger partial charge in [-0.2, -0.15) is 0 Å². The van der Waals surface area contributed by atoms with Crippen LogP contribution in [-0.2, 0) is 37.4 Å². The summed E-state index contributed by atoms with van der Waals surface area (Å²) < 4.78 is 30.6. The highest BCUT2D eigenvalue weighted by atomic mass is 31.2. The van der Waals surface area contributed by atoms with Crippen molar-refractivity contribution >= 4 is 39.3 Å². The van der Waals surface area contributed by atoms with E-state index in [1.807, 2.05) is 0 Å². The van der Waals surface area contributed by atoms with Crippen LogP contribution in [-0.4, -0.2) is 66.5 Å². The molecule has 2 bridgehead atoms. The molecule has 0 radical (unpaired) electrons. The van der Waals surface area contributed by atoms with Gasteiger partial charge in [-0.15, -0.1) is 0 Å². The van der Waals surface area contributed by atoms with Crippen LogP contribution in [0.1, 0.15) is 0 Å². The molecule has 2 heterocycles. The lowest BCUT2D eigenvalue weighted by molar-refractivity contribution is -0.166. The maximum atomic E-state index is 12.9. The first kappa shape index (κ1) is 22.1. The summed E-state index contributed by atoms with van der Waals surface area (Å²) in [6.45, 7) is -1.79. The summed E-state index contributed by atoms with van der Waals surface area (Å²) >= 11 is 0. The third-order valence-corrected chi connectivity index (χ3v) is 8.14. The Hall–Kier alpha value is -1.76. The number of hydrogen-bond acceptors (Lipinski definition) is 8. The molecule has 6 rings (SSSR count). The van der Waals surface area contributed by atoms with E-state index >= 15 is 0 Å². The summed E-state index contributed by atoms with van der Waals surface area (Å²) in [5.74, 6) is -7.84. The third-order valence-electron chi connectivity index (χ3n) is 7.24. The number of rotatable bonds is 6. The lowest BCUT2D eigenvalue weighted by Crippen LogP contribution is -2.63. The van der Waals surface area contributed by atoms with Crippen LogP contribution in [0.15, 0.2) is 12.2 Å². The topological polar surface area (TPSA) is 208 Å². The highest BCUT2D eigenvalue weighted by Crippen LogP contribution is 2.68. The molecule has 4 fully saturated rings. The van der Waals surface area contributed by atoms with Crippen LogP contribution in [0.5, 0.6) is 0 Å². The van der Waals surface area contributed by atoms with E-state index in [-0.39, 0.29) is 0 Å². The Balaban J connectivity index is 1.40. The van der Waals surface area contributed by atoms with E-state index < -0.39 is 100 Å². The van der Waals surface area contributed by atoms with Crippen molar-refractivity contribution in [2.45, 2.75) is 0 Å². The fraction of sp³-hybridized carbons (Fsp3) is 0.625.